The minimum absolute atomic E-state index is 0.181. The lowest BCUT2D eigenvalue weighted by molar-refractivity contribution is 0.0252. The number of nitrogen functional groups attached to an aromatic ring is 1. The van der Waals surface area contributed by atoms with E-state index in [1.165, 1.54) is 23.5 Å². The van der Waals surface area contributed by atoms with Crippen molar-refractivity contribution in [3.05, 3.63) is 28.9 Å². The molecule has 1 amide bonds. The summed E-state index contributed by atoms with van der Waals surface area (Å²) in [7, 11) is 0. The summed E-state index contributed by atoms with van der Waals surface area (Å²) in [6.07, 6.45) is 0.266. The first-order valence-electron chi connectivity index (χ1n) is 6.92. The maximum absolute atomic E-state index is 13.3. The number of benzene rings is 1. The van der Waals surface area contributed by atoms with E-state index >= 15 is 0 Å². The number of carbonyl (C=O) groups is 1. The van der Waals surface area contributed by atoms with Gasteiger partial charge in [-0.25, -0.2) is 4.39 Å². The van der Waals surface area contributed by atoms with Gasteiger partial charge in [0.25, 0.3) is 5.91 Å². The number of hydrogen-bond donors (Lipinski definition) is 2. The number of β-amino-alcohol motifs (C(OH)–C–C–N with tert-alkyl or cyclic N) is 1. The van der Waals surface area contributed by atoms with Gasteiger partial charge in [0.1, 0.15) is 10.7 Å². The first-order chi connectivity index (χ1) is 9.97. The van der Waals surface area contributed by atoms with Crippen LogP contribution in [0.1, 0.15) is 23.0 Å². The smallest absolute Gasteiger partial charge is 0.266 e. The van der Waals surface area contributed by atoms with Crippen molar-refractivity contribution in [2.45, 2.75) is 19.4 Å². The van der Waals surface area contributed by atoms with E-state index in [-0.39, 0.29) is 17.6 Å². The third-order valence-corrected chi connectivity index (χ3v) is 5.26. The zero-order chi connectivity index (χ0) is 15.1. The molecule has 0 radical (unpaired) electrons. The van der Waals surface area contributed by atoms with Gasteiger partial charge in [-0.15, -0.1) is 11.3 Å². The number of rotatable bonds is 1. The topological polar surface area (TPSA) is 66.6 Å². The van der Waals surface area contributed by atoms with Gasteiger partial charge in [-0.1, -0.05) is 6.92 Å². The van der Waals surface area contributed by atoms with Crippen LogP contribution in [0.5, 0.6) is 0 Å². The molecule has 2 unspecified atom stereocenters. The van der Waals surface area contributed by atoms with Crippen LogP contribution in [0.15, 0.2) is 18.2 Å². The van der Waals surface area contributed by atoms with Gasteiger partial charge in [0, 0.05) is 23.2 Å². The number of likely N-dealkylation sites (tertiary alicyclic amines) is 1. The molecule has 4 nitrogen and oxygen atoms in total. The molecular weight excluding hydrogens is 291 g/mol. The molecule has 2 aromatic rings. The molecule has 21 heavy (non-hydrogen) atoms. The Labute approximate surface area is 126 Å². The molecular formula is C15H17FN2O2S. The Balaban J connectivity index is 1.93. The summed E-state index contributed by atoms with van der Waals surface area (Å²) in [5.41, 5.74) is 6.34. The van der Waals surface area contributed by atoms with E-state index in [2.05, 4.69) is 0 Å². The van der Waals surface area contributed by atoms with Crippen LogP contribution in [0.2, 0.25) is 0 Å². The number of halogens is 1. The van der Waals surface area contributed by atoms with E-state index < -0.39 is 6.10 Å². The number of aliphatic hydroxyl groups is 1. The normalized spacial score (nSPS) is 22.7. The molecule has 1 aliphatic rings. The lowest BCUT2D eigenvalue weighted by Gasteiger charge is -2.34. The number of thiophene rings is 1. The highest BCUT2D eigenvalue weighted by atomic mass is 32.1. The van der Waals surface area contributed by atoms with Crippen molar-refractivity contribution < 1.29 is 14.3 Å². The van der Waals surface area contributed by atoms with Gasteiger partial charge >= 0.3 is 0 Å². The van der Waals surface area contributed by atoms with Crippen molar-refractivity contribution >= 4 is 33.0 Å². The van der Waals surface area contributed by atoms with Gasteiger partial charge in [-0.3, -0.25) is 4.79 Å². The highest BCUT2D eigenvalue weighted by Gasteiger charge is 2.30. The van der Waals surface area contributed by atoms with Crippen molar-refractivity contribution in [2.75, 3.05) is 18.8 Å². The lowest BCUT2D eigenvalue weighted by Crippen LogP contribution is -2.45. The molecule has 2 heterocycles. The van der Waals surface area contributed by atoms with E-state index in [1.807, 2.05) is 6.92 Å². The molecule has 1 fully saturated rings. The number of aliphatic hydroxyl groups excluding tert-OH is 1. The SMILES string of the molecule is CC1CCN(C(=O)c2sc3ccc(F)cc3c2N)CC1O. The third kappa shape index (κ3) is 2.49. The summed E-state index contributed by atoms with van der Waals surface area (Å²) in [6, 6.07) is 4.35. The van der Waals surface area contributed by atoms with Crippen molar-refractivity contribution in [1.82, 2.24) is 4.90 Å². The van der Waals surface area contributed by atoms with E-state index in [0.29, 0.717) is 29.0 Å². The predicted octanol–water partition coefficient (Wildman–Crippen LogP) is 2.47. The van der Waals surface area contributed by atoms with E-state index in [4.69, 9.17) is 5.73 Å². The molecule has 1 aliphatic heterocycles. The number of fused-ring (bicyclic) bond motifs is 1. The van der Waals surface area contributed by atoms with Crippen LogP contribution in [0.3, 0.4) is 0 Å². The Morgan fingerprint density at radius 2 is 2.29 bits per heavy atom. The zero-order valence-electron chi connectivity index (χ0n) is 11.7. The molecule has 0 bridgehead atoms. The van der Waals surface area contributed by atoms with E-state index in [1.54, 1.807) is 11.0 Å². The van der Waals surface area contributed by atoms with Gasteiger partial charge in [0.05, 0.1) is 11.8 Å². The van der Waals surface area contributed by atoms with E-state index in [0.717, 1.165) is 11.1 Å². The molecule has 6 heteroatoms. The number of nitrogens with zero attached hydrogens (tertiary/aromatic N) is 1. The van der Waals surface area contributed by atoms with Crippen molar-refractivity contribution in [3.8, 4) is 0 Å². The Kier molecular flexibility index (Phi) is 3.59. The van der Waals surface area contributed by atoms with Gasteiger partial charge in [0.15, 0.2) is 0 Å². The molecule has 1 aromatic carbocycles. The summed E-state index contributed by atoms with van der Waals surface area (Å²) in [5.74, 6) is -0.351. The van der Waals surface area contributed by atoms with Crippen LogP contribution in [-0.2, 0) is 0 Å². The molecule has 0 aliphatic carbocycles. The maximum Gasteiger partial charge on any atom is 0.266 e. The molecule has 1 aromatic heterocycles. The number of amides is 1. The van der Waals surface area contributed by atoms with Crippen LogP contribution in [0.25, 0.3) is 10.1 Å². The fraction of sp³-hybridized carbons (Fsp3) is 0.400. The Hall–Kier alpha value is -1.66. The number of hydrogen-bond acceptors (Lipinski definition) is 4. The minimum Gasteiger partial charge on any atom is -0.397 e. The number of anilines is 1. The van der Waals surface area contributed by atoms with Crippen molar-refractivity contribution in [3.63, 3.8) is 0 Å². The van der Waals surface area contributed by atoms with Crippen LogP contribution in [0.4, 0.5) is 10.1 Å². The van der Waals surface area contributed by atoms with Crippen molar-refractivity contribution in [2.24, 2.45) is 5.92 Å². The van der Waals surface area contributed by atoms with Crippen LogP contribution < -0.4 is 5.73 Å². The average Bonchev–Trinajstić information content (AvgIpc) is 2.78. The average molecular weight is 308 g/mol. The van der Waals surface area contributed by atoms with E-state index in [9.17, 15) is 14.3 Å². The number of carbonyl (C=O) groups excluding carboxylic acids is 1. The Morgan fingerprint density at radius 1 is 1.52 bits per heavy atom. The second-order valence-corrected chi connectivity index (χ2v) is 6.62. The van der Waals surface area contributed by atoms with Gasteiger partial charge in [0.2, 0.25) is 0 Å². The monoisotopic (exact) mass is 308 g/mol. The highest BCUT2D eigenvalue weighted by Crippen LogP contribution is 2.35. The summed E-state index contributed by atoms with van der Waals surface area (Å²) in [5, 5.41) is 10.5. The molecule has 3 N–H and O–H groups in total. The van der Waals surface area contributed by atoms with Crippen LogP contribution in [0, 0.1) is 11.7 Å². The van der Waals surface area contributed by atoms with Crippen LogP contribution >= 0.6 is 11.3 Å². The first-order valence-corrected chi connectivity index (χ1v) is 7.74. The molecule has 2 atom stereocenters. The quantitative estimate of drug-likeness (QED) is 0.850. The maximum atomic E-state index is 13.3. The molecule has 3 rings (SSSR count). The predicted molar refractivity (Wildman–Crippen MR) is 81.9 cm³/mol. The van der Waals surface area contributed by atoms with Gasteiger partial charge in [-0.05, 0) is 30.5 Å². The summed E-state index contributed by atoms with van der Waals surface area (Å²) in [4.78, 5) is 14.6. The largest absolute Gasteiger partial charge is 0.397 e. The second-order valence-electron chi connectivity index (χ2n) is 5.57. The number of piperidine rings is 1. The zero-order valence-corrected chi connectivity index (χ0v) is 12.5. The van der Waals surface area contributed by atoms with Gasteiger partial charge in [-0.2, -0.15) is 0 Å². The fourth-order valence-electron chi connectivity index (χ4n) is 2.62. The molecule has 0 saturated carbocycles. The molecule has 0 spiro atoms. The standard InChI is InChI=1S/C15H17FN2O2S/c1-8-4-5-18(7-11(8)19)15(20)14-13(17)10-6-9(16)2-3-12(10)21-14/h2-3,6,8,11,19H,4-5,7,17H2,1H3. The molecule has 112 valence electrons. The third-order valence-electron chi connectivity index (χ3n) is 4.09. The first kappa shape index (κ1) is 14.3. The fourth-order valence-corrected chi connectivity index (χ4v) is 3.70. The summed E-state index contributed by atoms with van der Waals surface area (Å²) in [6.45, 7) is 2.91. The highest BCUT2D eigenvalue weighted by molar-refractivity contribution is 7.21. The van der Waals surface area contributed by atoms with Crippen molar-refractivity contribution in [1.29, 1.82) is 0 Å². The minimum atomic E-state index is -0.504. The second kappa shape index (κ2) is 5.27. The molecule has 1 saturated heterocycles. The summed E-state index contributed by atoms with van der Waals surface area (Å²) < 4.78 is 14.1. The van der Waals surface area contributed by atoms with Crippen LogP contribution in [-0.4, -0.2) is 35.1 Å². The summed E-state index contributed by atoms with van der Waals surface area (Å²) >= 11 is 1.27. The van der Waals surface area contributed by atoms with Gasteiger partial charge < -0.3 is 15.7 Å². The lowest BCUT2D eigenvalue weighted by atomic mass is 9.96. The Morgan fingerprint density at radius 3 is 3.00 bits per heavy atom. The Bertz CT molecular complexity index is 700. The number of nitrogens with two attached hydrogens (primary N) is 1.